The predicted octanol–water partition coefficient (Wildman–Crippen LogP) is 1.85. The van der Waals surface area contributed by atoms with Crippen LogP contribution in [0.2, 0.25) is 5.02 Å². The first kappa shape index (κ1) is 18.9. The number of ether oxygens (including phenoxy) is 1. The number of benzene rings is 1. The maximum absolute atomic E-state index is 11.5. The van der Waals surface area contributed by atoms with E-state index in [0.717, 1.165) is 6.42 Å². The normalized spacial score (nSPS) is 21.3. The molecule has 0 radical (unpaired) electrons. The SMILES string of the molecule is CCC(CNC(=NC)NC1CCS(=O)(=O)C1)Oc1ccccc1Cl. The van der Waals surface area contributed by atoms with E-state index in [4.69, 9.17) is 16.3 Å². The molecule has 2 unspecified atom stereocenters. The Labute approximate surface area is 148 Å². The topological polar surface area (TPSA) is 79.8 Å². The molecule has 0 saturated carbocycles. The molecule has 1 fully saturated rings. The Bertz CT molecular complexity index is 679. The van der Waals surface area contributed by atoms with Crippen LogP contribution < -0.4 is 15.4 Å². The van der Waals surface area contributed by atoms with Crippen molar-refractivity contribution < 1.29 is 13.2 Å². The van der Waals surface area contributed by atoms with E-state index in [0.29, 0.717) is 29.7 Å². The molecule has 1 saturated heterocycles. The number of nitrogens with zero attached hydrogens (tertiary/aromatic N) is 1. The summed E-state index contributed by atoms with van der Waals surface area (Å²) in [6.07, 6.45) is 1.33. The summed E-state index contributed by atoms with van der Waals surface area (Å²) < 4.78 is 29.0. The first-order chi connectivity index (χ1) is 11.4. The number of nitrogens with one attached hydrogen (secondary N) is 2. The van der Waals surface area contributed by atoms with Crippen molar-refractivity contribution in [1.29, 1.82) is 0 Å². The third-order valence-corrected chi connectivity index (χ3v) is 5.96. The van der Waals surface area contributed by atoms with Crippen molar-refractivity contribution in [3.05, 3.63) is 29.3 Å². The number of para-hydroxylation sites is 1. The number of rotatable bonds is 6. The Kier molecular flexibility index (Phi) is 6.74. The number of sulfone groups is 1. The van der Waals surface area contributed by atoms with E-state index in [1.807, 2.05) is 25.1 Å². The second-order valence-electron chi connectivity index (χ2n) is 5.78. The smallest absolute Gasteiger partial charge is 0.191 e. The molecule has 2 rings (SSSR count). The van der Waals surface area contributed by atoms with Gasteiger partial charge in [-0.25, -0.2) is 8.42 Å². The van der Waals surface area contributed by atoms with Gasteiger partial charge in [0.25, 0.3) is 0 Å². The molecule has 1 aromatic carbocycles. The van der Waals surface area contributed by atoms with Crippen LogP contribution in [0.3, 0.4) is 0 Å². The molecule has 1 heterocycles. The second kappa shape index (κ2) is 8.58. The Morgan fingerprint density at radius 2 is 2.21 bits per heavy atom. The Morgan fingerprint density at radius 1 is 1.46 bits per heavy atom. The first-order valence-corrected chi connectivity index (χ1v) is 10.2. The van der Waals surface area contributed by atoms with E-state index in [1.165, 1.54) is 0 Å². The quantitative estimate of drug-likeness (QED) is 0.587. The minimum atomic E-state index is -2.92. The van der Waals surface area contributed by atoms with E-state index < -0.39 is 9.84 Å². The Hall–Kier alpha value is -1.47. The van der Waals surface area contributed by atoms with Crippen molar-refractivity contribution >= 4 is 27.4 Å². The number of guanidine groups is 1. The third kappa shape index (κ3) is 5.56. The average molecular weight is 374 g/mol. The van der Waals surface area contributed by atoms with Crippen LogP contribution in [0.1, 0.15) is 19.8 Å². The fourth-order valence-corrected chi connectivity index (χ4v) is 4.35. The fourth-order valence-electron chi connectivity index (χ4n) is 2.50. The van der Waals surface area contributed by atoms with Gasteiger partial charge in [0, 0.05) is 13.1 Å². The van der Waals surface area contributed by atoms with Crippen molar-refractivity contribution in [3.63, 3.8) is 0 Å². The summed E-state index contributed by atoms with van der Waals surface area (Å²) in [5, 5.41) is 6.92. The number of halogens is 1. The molecule has 6 nitrogen and oxygen atoms in total. The monoisotopic (exact) mass is 373 g/mol. The minimum Gasteiger partial charge on any atom is -0.487 e. The molecule has 1 aliphatic heterocycles. The molecule has 1 aromatic rings. The lowest BCUT2D eigenvalue weighted by molar-refractivity contribution is 0.199. The standard InChI is InChI=1S/C16H24ClN3O3S/c1-3-13(23-15-7-5-4-6-14(15)17)10-19-16(18-2)20-12-8-9-24(21,22)11-12/h4-7,12-13H,3,8-11H2,1-2H3,(H2,18,19,20). The third-order valence-electron chi connectivity index (χ3n) is 3.88. The maximum Gasteiger partial charge on any atom is 0.191 e. The summed E-state index contributed by atoms with van der Waals surface area (Å²) >= 11 is 6.12. The molecule has 0 aromatic heterocycles. The lowest BCUT2D eigenvalue weighted by Crippen LogP contribution is -2.46. The highest BCUT2D eigenvalue weighted by Crippen LogP contribution is 2.24. The van der Waals surface area contributed by atoms with Crippen LogP contribution in [0.25, 0.3) is 0 Å². The molecule has 2 N–H and O–H groups in total. The summed E-state index contributed by atoms with van der Waals surface area (Å²) in [6, 6.07) is 7.27. The lowest BCUT2D eigenvalue weighted by atomic mass is 10.2. The largest absolute Gasteiger partial charge is 0.487 e. The van der Waals surface area contributed by atoms with Gasteiger partial charge < -0.3 is 15.4 Å². The zero-order valence-electron chi connectivity index (χ0n) is 14.0. The predicted molar refractivity (Wildman–Crippen MR) is 97.7 cm³/mol. The van der Waals surface area contributed by atoms with Gasteiger partial charge in [-0.1, -0.05) is 30.7 Å². The Balaban J connectivity index is 1.86. The van der Waals surface area contributed by atoms with Gasteiger partial charge in [0.05, 0.1) is 23.1 Å². The molecule has 24 heavy (non-hydrogen) atoms. The molecular formula is C16H24ClN3O3S. The highest BCUT2D eigenvalue weighted by atomic mass is 35.5. The number of aliphatic imine (C=N–C) groups is 1. The molecule has 0 spiro atoms. The van der Waals surface area contributed by atoms with Crippen LogP contribution in [-0.4, -0.2) is 51.6 Å². The molecule has 2 atom stereocenters. The van der Waals surface area contributed by atoms with Crippen LogP contribution in [0.5, 0.6) is 5.75 Å². The Morgan fingerprint density at radius 3 is 2.79 bits per heavy atom. The van der Waals surface area contributed by atoms with E-state index in [2.05, 4.69) is 15.6 Å². The summed E-state index contributed by atoms with van der Waals surface area (Å²) in [7, 11) is -1.25. The van der Waals surface area contributed by atoms with Crippen LogP contribution in [0, 0.1) is 0 Å². The minimum absolute atomic E-state index is 0.0734. The summed E-state index contributed by atoms with van der Waals surface area (Å²) in [4.78, 5) is 4.15. The molecular weight excluding hydrogens is 350 g/mol. The zero-order chi connectivity index (χ0) is 17.6. The fraction of sp³-hybridized carbons (Fsp3) is 0.562. The highest BCUT2D eigenvalue weighted by molar-refractivity contribution is 7.91. The van der Waals surface area contributed by atoms with Crippen molar-refractivity contribution in [2.24, 2.45) is 4.99 Å². The van der Waals surface area contributed by atoms with Gasteiger partial charge in [0.1, 0.15) is 11.9 Å². The van der Waals surface area contributed by atoms with Gasteiger partial charge in [-0.05, 0) is 25.0 Å². The zero-order valence-corrected chi connectivity index (χ0v) is 15.5. The first-order valence-electron chi connectivity index (χ1n) is 8.02. The van der Waals surface area contributed by atoms with E-state index >= 15 is 0 Å². The molecule has 0 bridgehead atoms. The van der Waals surface area contributed by atoms with Crippen molar-refractivity contribution in [3.8, 4) is 5.75 Å². The molecule has 0 amide bonds. The summed E-state index contributed by atoms with van der Waals surface area (Å²) in [6.45, 7) is 2.57. The van der Waals surface area contributed by atoms with Gasteiger partial charge in [-0.15, -0.1) is 0 Å². The van der Waals surface area contributed by atoms with E-state index in [9.17, 15) is 8.42 Å². The second-order valence-corrected chi connectivity index (χ2v) is 8.41. The van der Waals surface area contributed by atoms with Gasteiger partial charge in [0.2, 0.25) is 0 Å². The van der Waals surface area contributed by atoms with Crippen LogP contribution in [0.15, 0.2) is 29.3 Å². The maximum atomic E-state index is 11.5. The van der Waals surface area contributed by atoms with Crippen molar-refractivity contribution in [1.82, 2.24) is 10.6 Å². The molecule has 1 aliphatic rings. The summed E-state index contributed by atoms with van der Waals surface area (Å²) in [5.41, 5.74) is 0. The molecule has 8 heteroatoms. The van der Waals surface area contributed by atoms with Gasteiger partial charge in [-0.2, -0.15) is 0 Å². The van der Waals surface area contributed by atoms with E-state index in [1.54, 1.807) is 13.1 Å². The van der Waals surface area contributed by atoms with Crippen molar-refractivity contribution in [2.75, 3.05) is 25.1 Å². The summed E-state index contributed by atoms with van der Waals surface area (Å²) in [5.74, 6) is 1.62. The van der Waals surface area contributed by atoms with Gasteiger partial charge in [-0.3, -0.25) is 4.99 Å². The van der Waals surface area contributed by atoms with Gasteiger partial charge >= 0.3 is 0 Å². The molecule has 134 valence electrons. The van der Waals surface area contributed by atoms with Crippen LogP contribution in [0.4, 0.5) is 0 Å². The number of hydrogen-bond donors (Lipinski definition) is 2. The molecule has 0 aliphatic carbocycles. The lowest BCUT2D eigenvalue weighted by Gasteiger charge is -2.21. The highest BCUT2D eigenvalue weighted by Gasteiger charge is 2.28. The average Bonchev–Trinajstić information content (AvgIpc) is 2.90. The van der Waals surface area contributed by atoms with Gasteiger partial charge in [0.15, 0.2) is 15.8 Å². The van der Waals surface area contributed by atoms with Crippen LogP contribution >= 0.6 is 11.6 Å². The number of hydrogen-bond acceptors (Lipinski definition) is 4. The van der Waals surface area contributed by atoms with E-state index in [-0.39, 0.29) is 23.7 Å². The van der Waals surface area contributed by atoms with Crippen molar-refractivity contribution in [2.45, 2.75) is 31.9 Å². The van der Waals surface area contributed by atoms with Crippen LogP contribution in [-0.2, 0) is 9.84 Å².